The van der Waals surface area contributed by atoms with Crippen LogP contribution in [0.2, 0.25) is 5.02 Å². The van der Waals surface area contributed by atoms with E-state index in [0.29, 0.717) is 0 Å². The summed E-state index contributed by atoms with van der Waals surface area (Å²) in [4.78, 5) is 2.45. The van der Waals surface area contributed by atoms with Gasteiger partial charge in [0.15, 0.2) is 0 Å². The molecule has 1 aromatic rings. The fourth-order valence-corrected chi connectivity index (χ4v) is 3.00. The average molecular weight is 281 g/mol. The molecule has 1 aromatic carbocycles. The van der Waals surface area contributed by atoms with Gasteiger partial charge in [0, 0.05) is 29.8 Å². The fourth-order valence-electron chi connectivity index (χ4n) is 2.75. The number of piperidine rings is 1. The van der Waals surface area contributed by atoms with Crippen LogP contribution in [0.1, 0.15) is 38.7 Å². The standard InChI is InChI=1S/C16H25ClN2/c1-3-14(18)9-13-6-7-15(10-16(13)17)19-8-4-5-12(2)11-19/h6-7,10,12,14H,3-5,8-9,11,18H2,1-2H3. The highest BCUT2D eigenvalue weighted by molar-refractivity contribution is 6.31. The van der Waals surface area contributed by atoms with E-state index in [4.69, 9.17) is 17.3 Å². The summed E-state index contributed by atoms with van der Waals surface area (Å²) in [5.74, 6) is 0.778. The van der Waals surface area contributed by atoms with Crippen LogP contribution in [-0.2, 0) is 6.42 Å². The Labute approximate surface area is 121 Å². The van der Waals surface area contributed by atoms with Crippen LogP contribution >= 0.6 is 11.6 Å². The molecule has 2 unspecified atom stereocenters. The number of halogens is 1. The van der Waals surface area contributed by atoms with Crippen molar-refractivity contribution >= 4 is 17.3 Å². The van der Waals surface area contributed by atoms with Gasteiger partial charge >= 0.3 is 0 Å². The largest absolute Gasteiger partial charge is 0.371 e. The van der Waals surface area contributed by atoms with Crippen molar-refractivity contribution in [3.8, 4) is 0 Å². The lowest BCUT2D eigenvalue weighted by Gasteiger charge is -2.33. The minimum Gasteiger partial charge on any atom is -0.371 e. The highest BCUT2D eigenvalue weighted by Crippen LogP contribution is 2.28. The summed E-state index contributed by atoms with van der Waals surface area (Å²) in [6.45, 7) is 6.73. The molecule has 2 nitrogen and oxygen atoms in total. The van der Waals surface area contributed by atoms with Gasteiger partial charge < -0.3 is 10.6 Å². The highest BCUT2D eigenvalue weighted by atomic mass is 35.5. The predicted molar refractivity (Wildman–Crippen MR) is 84.0 cm³/mol. The van der Waals surface area contributed by atoms with Crippen LogP contribution in [-0.4, -0.2) is 19.1 Å². The van der Waals surface area contributed by atoms with E-state index in [1.807, 2.05) is 0 Å². The number of hydrogen-bond acceptors (Lipinski definition) is 2. The first-order valence-corrected chi connectivity index (χ1v) is 7.77. The van der Waals surface area contributed by atoms with Gasteiger partial charge in [-0.1, -0.05) is 31.5 Å². The van der Waals surface area contributed by atoms with Crippen LogP contribution in [0, 0.1) is 5.92 Å². The first-order valence-electron chi connectivity index (χ1n) is 7.39. The summed E-state index contributed by atoms with van der Waals surface area (Å²) in [7, 11) is 0. The van der Waals surface area contributed by atoms with Crippen LogP contribution in [0.15, 0.2) is 18.2 Å². The molecule has 1 aliphatic heterocycles. The predicted octanol–water partition coefficient (Wildman–Crippen LogP) is 3.86. The Morgan fingerprint density at radius 3 is 2.89 bits per heavy atom. The molecule has 0 amide bonds. The van der Waals surface area contributed by atoms with Gasteiger partial charge in [0.25, 0.3) is 0 Å². The lowest BCUT2D eigenvalue weighted by Crippen LogP contribution is -2.34. The second kappa shape index (κ2) is 6.62. The van der Waals surface area contributed by atoms with Gasteiger partial charge in [-0.05, 0) is 49.3 Å². The van der Waals surface area contributed by atoms with E-state index in [2.05, 4.69) is 36.9 Å². The molecule has 1 aliphatic rings. The van der Waals surface area contributed by atoms with Crippen molar-refractivity contribution in [3.05, 3.63) is 28.8 Å². The molecule has 0 aromatic heterocycles. The summed E-state index contributed by atoms with van der Waals surface area (Å²) in [6.07, 6.45) is 4.47. The Bertz CT molecular complexity index is 419. The molecule has 2 rings (SSSR count). The monoisotopic (exact) mass is 280 g/mol. The molecule has 0 spiro atoms. The number of nitrogens with zero attached hydrogens (tertiary/aromatic N) is 1. The third-order valence-corrected chi connectivity index (χ3v) is 4.42. The zero-order valence-corrected chi connectivity index (χ0v) is 12.8. The minimum atomic E-state index is 0.207. The highest BCUT2D eigenvalue weighted by Gasteiger charge is 2.17. The molecule has 3 heteroatoms. The molecule has 1 fully saturated rings. The third kappa shape index (κ3) is 3.87. The van der Waals surface area contributed by atoms with Gasteiger partial charge in [-0.25, -0.2) is 0 Å². The van der Waals surface area contributed by atoms with E-state index in [9.17, 15) is 0 Å². The second-order valence-corrected chi connectivity index (χ2v) is 6.25. The molecule has 106 valence electrons. The second-order valence-electron chi connectivity index (χ2n) is 5.84. The number of rotatable bonds is 4. The fraction of sp³-hybridized carbons (Fsp3) is 0.625. The van der Waals surface area contributed by atoms with Crippen molar-refractivity contribution in [2.45, 2.75) is 45.6 Å². The molecule has 0 aliphatic carbocycles. The normalized spacial score (nSPS) is 21.5. The van der Waals surface area contributed by atoms with Gasteiger partial charge in [-0.2, -0.15) is 0 Å². The summed E-state index contributed by atoms with van der Waals surface area (Å²) >= 11 is 6.40. The Balaban J connectivity index is 2.09. The number of nitrogens with two attached hydrogens (primary N) is 1. The third-order valence-electron chi connectivity index (χ3n) is 4.07. The van der Waals surface area contributed by atoms with E-state index in [1.165, 1.54) is 24.1 Å². The van der Waals surface area contributed by atoms with E-state index >= 15 is 0 Å². The molecule has 1 heterocycles. The molecule has 2 N–H and O–H groups in total. The van der Waals surface area contributed by atoms with Crippen LogP contribution in [0.4, 0.5) is 5.69 Å². The van der Waals surface area contributed by atoms with E-state index in [-0.39, 0.29) is 6.04 Å². The molecule has 0 radical (unpaired) electrons. The maximum atomic E-state index is 6.40. The summed E-state index contributed by atoms with van der Waals surface area (Å²) < 4.78 is 0. The molecule has 1 saturated heterocycles. The van der Waals surface area contributed by atoms with Crippen LogP contribution < -0.4 is 10.6 Å². The Morgan fingerprint density at radius 1 is 1.47 bits per heavy atom. The maximum absolute atomic E-state index is 6.40. The van der Waals surface area contributed by atoms with Gasteiger partial charge in [0.2, 0.25) is 0 Å². The van der Waals surface area contributed by atoms with Crippen molar-refractivity contribution in [3.63, 3.8) is 0 Å². The zero-order chi connectivity index (χ0) is 13.8. The van der Waals surface area contributed by atoms with Gasteiger partial charge in [0.1, 0.15) is 0 Å². The smallest absolute Gasteiger partial charge is 0.0459 e. The quantitative estimate of drug-likeness (QED) is 0.907. The van der Waals surface area contributed by atoms with E-state index in [0.717, 1.165) is 36.9 Å². The molecule has 2 atom stereocenters. The van der Waals surface area contributed by atoms with Crippen LogP contribution in [0.25, 0.3) is 0 Å². The lowest BCUT2D eigenvalue weighted by atomic mass is 9.99. The molecule has 0 saturated carbocycles. The van der Waals surface area contributed by atoms with Crippen molar-refractivity contribution < 1.29 is 0 Å². The minimum absolute atomic E-state index is 0.207. The lowest BCUT2D eigenvalue weighted by molar-refractivity contribution is 0.447. The van der Waals surface area contributed by atoms with Gasteiger partial charge in [-0.15, -0.1) is 0 Å². The number of hydrogen-bond donors (Lipinski definition) is 1. The Kier molecular flexibility index (Phi) is 5.12. The summed E-state index contributed by atoms with van der Waals surface area (Å²) in [5, 5.41) is 0.861. The Hall–Kier alpha value is -0.730. The van der Waals surface area contributed by atoms with Crippen molar-refractivity contribution in [2.24, 2.45) is 11.7 Å². The topological polar surface area (TPSA) is 29.3 Å². The molecular formula is C16H25ClN2. The molecule has 0 bridgehead atoms. The SMILES string of the molecule is CCC(N)Cc1ccc(N2CCCC(C)C2)cc1Cl. The molecule has 19 heavy (non-hydrogen) atoms. The van der Waals surface area contributed by atoms with Crippen LogP contribution in [0.3, 0.4) is 0 Å². The number of anilines is 1. The number of benzene rings is 1. The summed E-state index contributed by atoms with van der Waals surface area (Å²) in [6, 6.07) is 6.66. The van der Waals surface area contributed by atoms with Crippen molar-refractivity contribution in [1.29, 1.82) is 0 Å². The van der Waals surface area contributed by atoms with E-state index < -0.39 is 0 Å². The van der Waals surface area contributed by atoms with Crippen molar-refractivity contribution in [2.75, 3.05) is 18.0 Å². The van der Waals surface area contributed by atoms with Crippen molar-refractivity contribution in [1.82, 2.24) is 0 Å². The maximum Gasteiger partial charge on any atom is 0.0459 e. The first kappa shape index (κ1) is 14.7. The van der Waals surface area contributed by atoms with E-state index in [1.54, 1.807) is 0 Å². The zero-order valence-electron chi connectivity index (χ0n) is 12.0. The average Bonchev–Trinajstić information content (AvgIpc) is 2.41. The van der Waals surface area contributed by atoms with Gasteiger partial charge in [-0.3, -0.25) is 0 Å². The first-order chi connectivity index (χ1) is 9.10. The van der Waals surface area contributed by atoms with Gasteiger partial charge in [0.05, 0.1) is 0 Å². The molecular weight excluding hydrogens is 256 g/mol. The summed E-state index contributed by atoms with van der Waals surface area (Å²) in [5.41, 5.74) is 8.43. The Morgan fingerprint density at radius 2 is 2.26 bits per heavy atom. The van der Waals surface area contributed by atoms with Crippen LogP contribution in [0.5, 0.6) is 0 Å².